The summed E-state index contributed by atoms with van der Waals surface area (Å²) in [6.07, 6.45) is 4.79. The molecule has 2 aliphatic carbocycles. The van der Waals surface area contributed by atoms with Gasteiger partial charge in [-0.2, -0.15) is 0 Å². The summed E-state index contributed by atoms with van der Waals surface area (Å²) in [6.45, 7) is 1.20. The number of nitrogens with zero attached hydrogens (tertiary/aromatic N) is 2. The Morgan fingerprint density at radius 3 is 1.50 bits per heavy atom. The highest BCUT2D eigenvalue weighted by Gasteiger charge is 2.21. The zero-order chi connectivity index (χ0) is 15.4. The third-order valence-electron chi connectivity index (χ3n) is 3.75. The minimum Gasteiger partial charge on any atom is -0.370 e. The van der Waals surface area contributed by atoms with Crippen molar-refractivity contribution in [1.29, 1.82) is 0 Å². The molecule has 0 spiro atoms. The van der Waals surface area contributed by atoms with Crippen LogP contribution in [-0.4, -0.2) is 24.0 Å². The fourth-order valence-corrected chi connectivity index (χ4v) is 2.07. The summed E-state index contributed by atoms with van der Waals surface area (Å²) < 4.78 is 0. The molecule has 22 heavy (non-hydrogen) atoms. The van der Waals surface area contributed by atoms with Gasteiger partial charge < -0.3 is 22.1 Å². The van der Waals surface area contributed by atoms with E-state index in [1.807, 2.05) is 0 Å². The standard InChI is InChI=1S/C16H24N6/c17-15(21-13-5-6-13)19-9-11-1-2-12(4-3-11)10-20-16(18)22-14-7-8-14/h1-4,13-14H,5-10H2,(H3,17,19,21)(H3,18,20,22). The second kappa shape index (κ2) is 6.68. The van der Waals surface area contributed by atoms with Crippen LogP contribution in [0.3, 0.4) is 0 Å². The number of hydrogen-bond donors (Lipinski definition) is 4. The Balaban J connectivity index is 1.46. The molecule has 6 nitrogen and oxygen atoms in total. The fraction of sp³-hybridized carbons (Fsp3) is 0.500. The van der Waals surface area contributed by atoms with Gasteiger partial charge in [-0.1, -0.05) is 24.3 Å². The van der Waals surface area contributed by atoms with E-state index >= 15 is 0 Å². The molecular weight excluding hydrogens is 276 g/mol. The zero-order valence-electron chi connectivity index (χ0n) is 12.8. The van der Waals surface area contributed by atoms with Crippen molar-refractivity contribution in [2.24, 2.45) is 21.5 Å². The largest absolute Gasteiger partial charge is 0.370 e. The van der Waals surface area contributed by atoms with Crippen LogP contribution in [0.15, 0.2) is 34.3 Å². The number of benzene rings is 1. The van der Waals surface area contributed by atoms with Crippen LogP contribution in [0.4, 0.5) is 0 Å². The van der Waals surface area contributed by atoms with Gasteiger partial charge in [0.05, 0.1) is 13.1 Å². The van der Waals surface area contributed by atoms with E-state index in [1.165, 1.54) is 25.7 Å². The van der Waals surface area contributed by atoms with Crippen molar-refractivity contribution in [1.82, 2.24) is 10.6 Å². The first-order valence-corrected chi connectivity index (χ1v) is 7.90. The Labute approximate surface area is 131 Å². The van der Waals surface area contributed by atoms with Gasteiger partial charge >= 0.3 is 0 Å². The molecule has 6 heteroatoms. The third-order valence-corrected chi connectivity index (χ3v) is 3.75. The van der Waals surface area contributed by atoms with Crippen molar-refractivity contribution in [2.45, 2.75) is 50.9 Å². The fourth-order valence-electron chi connectivity index (χ4n) is 2.07. The van der Waals surface area contributed by atoms with E-state index in [9.17, 15) is 0 Å². The monoisotopic (exact) mass is 300 g/mol. The molecule has 2 fully saturated rings. The summed E-state index contributed by atoms with van der Waals surface area (Å²) in [5, 5.41) is 6.36. The predicted molar refractivity (Wildman–Crippen MR) is 89.4 cm³/mol. The van der Waals surface area contributed by atoms with Crippen molar-refractivity contribution in [3.8, 4) is 0 Å². The molecule has 0 saturated heterocycles. The topological polar surface area (TPSA) is 101 Å². The van der Waals surface area contributed by atoms with E-state index in [2.05, 4.69) is 44.9 Å². The molecule has 3 rings (SSSR count). The SMILES string of the molecule is NC(=NCc1ccc(CN=C(N)NC2CC2)cc1)NC1CC1. The lowest BCUT2D eigenvalue weighted by Crippen LogP contribution is -2.33. The van der Waals surface area contributed by atoms with Crippen molar-refractivity contribution in [2.75, 3.05) is 0 Å². The first-order chi connectivity index (χ1) is 10.7. The zero-order valence-corrected chi connectivity index (χ0v) is 12.8. The van der Waals surface area contributed by atoms with Gasteiger partial charge in [-0.25, -0.2) is 9.98 Å². The average Bonchev–Trinajstić information content (AvgIpc) is 3.41. The molecule has 118 valence electrons. The normalized spacial score (nSPS) is 19.1. The van der Waals surface area contributed by atoms with E-state index in [0.717, 1.165) is 11.1 Å². The van der Waals surface area contributed by atoms with Crippen LogP contribution in [0.25, 0.3) is 0 Å². The second-order valence-corrected chi connectivity index (χ2v) is 6.06. The third kappa shape index (κ3) is 4.95. The van der Waals surface area contributed by atoms with Crippen LogP contribution in [0, 0.1) is 0 Å². The smallest absolute Gasteiger partial charge is 0.189 e. The number of aliphatic imine (C=N–C) groups is 2. The Morgan fingerprint density at radius 2 is 1.18 bits per heavy atom. The van der Waals surface area contributed by atoms with Gasteiger partial charge in [0.25, 0.3) is 0 Å². The summed E-state index contributed by atoms with van der Waals surface area (Å²) in [5.74, 6) is 1.07. The van der Waals surface area contributed by atoms with Crippen LogP contribution in [0.1, 0.15) is 36.8 Å². The number of nitrogens with one attached hydrogen (secondary N) is 2. The molecular formula is C16H24N6. The van der Waals surface area contributed by atoms with Gasteiger partial charge in [0.2, 0.25) is 0 Å². The van der Waals surface area contributed by atoms with Crippen LogP contribution < -0.4 is 22.1 Å². The molecule has 0 aromatic heterocycles. The Hall–Kier alpha value is -2.24. The maximum atomic E-state index is 5.82. The highest BCUT2D eigenvalue weighted by molar-refractivity contribution is 5.78. The molecule has 0 amide bonds. The van der Waals surface area contributed by atoms with Crippen LogP contribution in [0.5, 0.6) is 0 Å². The summed E-state index contributed by atoms with van der Waals surface area (Å²) in [5.41, 5.74) is 13.9. The molecule has 2 aliphatic rings. The maximum Gasteiger partial charge on any atom is 0.189 e. The molecule has 0 radical (unpaired) electrons. The second-order valence-electron chi connectivity index (χ2n) is 6.06. The maximum absolute atomic E-state index is 5.82. The molecule has 1 aromatic rings. The van der Waals surface area contributed by atoms with Crippen LogP contribution in [-0.2, 0) is 13.1 Å². The number of nitrogens with two attached hydrogens (primary N) is 2. The summed E-state index contributed by atoms with van der Waals surface area (Å²) >= 11 is 0. The quantitative estimate of drug-likeness (QED) is 0.461. The minimum atomic E-state index is 0.537. The predicted octanol–water partition coefficient (Wildman–Crippen LogP) is 0.820. The number of guanidine groups is 2. The minimum absolute atomic E-state index is 0.537. The van der Waals surface area contributed by atoms with Gasteiger partial charge in [-0.05, 0) is 36.8 Å². The molecule has 0 atom stereocenters. The van der Waals surface area contributed by atoms with Gasteiger partial charge in [0.1, 0.15) is 0 Å². The average molecular weight is 300 g/mol. The van der Waals surface area contributed by atoms with E-state index < -0.39 is 0 Å². The number of hydrogen-bond acceptors (Lipinski definition) is 2. The Morgan fingerprint density at radius 1 is 0.818 bits per heavy atom. The molecule has 1 aromatic carbocycles. The van der Waals surface area contributed by atoms with E-state index in [0.29, 0.717) is 37.1 Å². The molecule has 0 bridgehead atoms. The van der Waals surface area contributed by atoms with Gasteiger partial charge in [0.15, 0.2) is 11.9 Å². The van der Waals surface area contributed by atoms with Crippen LogP contribution in [0.2, 0.25) is 0 Å². The molecule has 0 aliphatic heterocycles. The van der Waals surface area contributed by atoms with E-state index in [4.69, 9.17) is 11.5 Å². The lowest BCUT2D eigenvalue weighted by molar-refractivity contribution is 0.876. The summed E-state index contributed by atoms with van der Waals surface area (Å²) in [4.78, 5) is 8.69. The van der Waals surface area contributed by atoms with E-state index in [1.54, 1.807) is 0 Å². The van der Waals surface area contributed by atoms with Gasteiger partial charge in [0, 0.05) is 12.1 Å². The highest BCUT2D eigenvalue weighted by atomic mass is 15.1. The van der Waals surface area contributed by atoms with Crippen molar-refractivity contribution in [3.63, 3.8) is 0 Å². The van der Waals surface area contributed by atoms with Crippen LogP contribution >= 0.6 is 0 Å². The Kier molecular flexibility index (Phi) is 4.46. The molecule has 6 N–H and O–H groups in total. The van der Waals surface area contributed by atoms with Crippen molar-refractivity contribution >= 4 is 11.9 Å². The van der Waals surface area contributed by atoms with Crippen molar-refractivity contribution in [3.05, 3.63) is 35.4 Å². The lowest BCUT2D eigenvalue weighted by Gasteiger charge is -2.05. The molecule has 2 saturated carbocycles. The number of rotatable bonds is 6. The van der Waals surface area contributed by atoms with Crippen molar-refractivity contribution < 1.29 is 0 Å². The highest BCUT2D eigenvalue weighted by Crippen LogP contribution is 2.18. The first-order valence-electron chi connectivity index (χ1n) is 7.90. The Bertz CT molecular complexity index is 504. The summed E-state index contributed by atoms with van der Waals surface area (Å²) in [6, 6.07) is 9.32. The molecule has 0 unspecified atom stereocenters. The lowest BCUT2D eigenvalue weighted by atomic mass is 10.1. The van der Waals surface area contributed by atoms with Gasteiger partial charge in [-0.15, -0.1) is 0 Å². The van der Waals surface area contributed by atoms with Gasteiger partial charge in [-0.3, -0.25) is 0 Å². The first kappa shape index (κ1) is 14.7. The van der Waals surface area contributed by atoms with E-state index in [-0.39, 0.29) is 0 Å². The molecule has 0 heterocycles. The summed E-state index contributed by atoms with van der Waals surface area (Å²) in [7, 11) is 0.